The van der Waals surface area contributed by atoms with E-state index in [0.29, 0.717) is 0 Å². The highest BCUT2D eigenvalue weighted by atomic mass is 32.2. The minimum Gasteiger partial charge on any atom is -0.393 e. The summed E-state index contributed by atoms with van der Waals surface area (Å²) in [6, 6.07) is 0. The van der Waals surface area contributed by atoms with E-state index in [0.717, 1.165) is 29.0 Å². The molecule has 0 aromatic carbocycles. The third kappa shape index (κ3) is 13.8. The van der Waals surface area contributed by atoms with Crippen LogP contribution in [0, 0.1) is 11.3 Å². The van der Waals surface area contributed by atoms with Crippen molar-refractivity contribution in [3.63, 3.8) is 0 Å². The first-order valence-electron chi connectivity index (χ1n) is 16.1. The van der Waals surface area contributed by atoms with Crippen molar-refractivity contribution in [1.29, 1.82) is 0 Å². The van der Waals surface area contributed by atoms with Crippen molar-refractivity contribution in [3.05, 3.63) is 12.7 Å². The number of nitrogen functional groups attached to an aromatic ring is 1. The van der Waals surface area contributed by atoms with Crippen LogP contribution in [0.3, 0.4) is 0 Å². The molecule has 25 nitrogen and oxygen atoms in total. The summed E-state index contributed by atoms with van der Waals surface area (Å²) in [6.07, 6.45) is -7.81. The molecule has 3 rings (SSSR count). The first kappa shape index (κ1) is 46.9. The Morgan fingerprint density at radius 3 is 2.33 bits per heavy atom. The van der Waals surface area contributed by atoms with Gasteiger partial charge in [-0.15, -0.1) is 0 Å². The van der Waals surface area contributed by atoms with Gasteiger partial charge in [0.25, 0.3) is 0 Å². The van der Waals surface area contributed by atoms with E-state index in [-0.39, 0.29) is 47.4 Å². The monoisotopic (exact) mass is 867 g/mol. The maximum absolute atomic E-state index is 12.7. The summed E-state index contributed by atoms with van der Waals surface area (Å²) in [5, 5.41) is 35.5. The fourth-order valence-corrected chi connectivity index (χ4v) is 8.30. The largest absolute Gasteiger partial charge is 0.481 e. The zero-order valence-corrected chi connectivity index (χ0v) is 33.2. The van der Waals surface area contributed by atoms with Crippen LogP contribution in [0.15, 0.2) is 12.7 Å². The fourth-order valence-electron chi connectivity index (χ4n) is 4.61. The molecule has 2 aromatic heterocycles. The van der Waals surface area contributed by atoms with Crippen molar-refractivity contribution in [2.45, 2.75) is 70.9 Å². The van der Waals surface area contributed by atoms with Crippen LogP contribution in [0.2, 0.25) is 0 Å². The summed E-state index contributed by atoms with van der Waals surface area (Å²) in [6.45, 7) is 3.42. The Balaban J connectivity index is 1.50. The highest BCUT2D eigenvalue weighted by molar-refractivity contribution is 8.13. The van der Waals surface area contributed by atoms with Gasteiger partial charge in [-0.25, -0.2) is 28.6 Å². The van der Waals surface area contributed by atoms with Gasteiger partial charge in [-0.2, -0.15) is 4.31 Å². The Morgan fingerprint density at radius 1 is 1.04 bits per heavy atom. The highest BCUT2D eigenvalue weighted by Gasteiger charge is 2.50. The molecule has 2 amide bonds. The molecule has 0 saturated carbocycles. The van der Waals surface area contributed by atoms with Gasteiger partial charge in [-0.1, -0.05) is 32.5 Å². The molecule has 1 aliphatic heterocycles. The van der Waals surface area contributed by atoms with Crippen molar-refractivity contribution in [3.8, 4) is 0 Å². The smallest absolute Gasteiger partial charge is 0.393 e. The first-order valence-corrected chi connectivity index (χ1v) is 21.6. The van der Waals surface area contributed by atoms with Crippen LogP contribution in [0.4, 0.5) is 5.82 Å². The number of nitrogens with zero attached hydrogens (tertiary/aromatic N) is 4. The molecular formula is C26H44N7O18P3S. The van der Waals surface area contributed by atoms with Crippen molar-refractivity contribution >= 4 is 69.1 Å². The van der Waals surface area contributed by atoms with Gasteiger partial charge >= 0.3 is 23.5 Å². The van der Waals surface area contributed by atoms with E-state index in [1.54, 1.807) is 6.92 Å². The quantitative estimate of drug-likeness (QED) is 0.0514. The summed E-state index contributed by atoms with van der Waals surface area (Å²) in [4.78, 5) is 87.3. The summed E-state index contributed by atoms with van der Waals surface area (Å²) in [7, 11) is -16.4. The fraction of sp³-hybridized carbons (Fsp3) is 0.692. The van der Waals surface area contributed by atoms with Gasteiger partial charge in [0.2, 0.25) is 11.8 Å². The van der Waals surface area contributed by atoms with Crippen molar-refractivity contribution < 1.29 is 85.6 Å². The topological polar surface area (TPSA) is 384 Å². The second kappa shape index (κ2) is 19.3. The molecule has 29 heteroatoms. The van der Waals surface area contributed by atoms with E-state index in [9.17, 15) is 63.0 Å². The first-order chi connectivity index (χ1) is 25.3. The summed E-state index contributed by atoms with van der Waals surface area (Å²) >= 11 is 0.947. The van der Waals surface area contributed by atoms with Crippen LogP contribution in [-0.4, -0.2) is 134 Å². The minimum atomic E-state index is -5.58. The number of phosphoric ester groups is 3. The van der Waals surface area contributed by atoms with E-state index in [1.807, 2.05) is 0 Å². The zero-order valence-electron chi connectivity index (χ0n) is 29.7. The Morgan fingerprint density at radius 2 is 1.69 bits per heavy atom. The third-order valence-corrected chi connectivity index (χ3v) is 12.0. The number of anilines is 1. The van der Waals surface area contributed by atoms with Crippen LogP contribution >= 0.6 is 35.2 Å². The molecule has 0 aliphatic carbocycles. The van der Waals surface area contributed by atoms with Crippen LogP contribution in [0.5, 0.6) is 0 Å². The molecule has 1 fully saturated rings. The molecule has 55 heavy (non-hydrogen) atoms. The van der Waals surface area contributed by atoms with Crippen LogP contribution in [0.1, 0.15) is 40.3 Å². The van der Waals surface area contributed by atoms with Crippen LogP contribution in [0.25, 0.3) is 11.2 Å². The zero-order chi connectivity index (χ0) is 41.5. The summed E-state index contributed by atoms with van der Waals surface area (Å²) in [5.41, 5.74) is 4.23. The molecule has 312 valence electrons. The van der Waals surface area contributed by atoms with Crippen molar-refractivity contribution in [2.75, 3.05) is 37.8 Å². The van der Waals surface area contributed by atoms with Crippen molar-refractivity contribution in [1.82, 2.24) is 30.2 Å². The molecule has 2 aromatic rings. The van der Waals surface area contributed by atoms with Gasteiger partial charge in [-0.05, 0) is 6.92 Å². The predicted octanol–water partition coefficient (Wildman–Crippen LogP) is -1.32. The lowest BCUT2D eigenvalue weighted by Crippen LogP contribution is -2.46. The molecule has 0 bridgehead atoms. The number of imidazole rings is 1. The van der Waals surface area contributed by atoms with Gasteiger partial charge in [0.05, 0.1) is 31.6 Å². The number of rotatable bonds is 21. The number of amides is 2. The van der Waals surface area contributed by atoms with E-state index < -0.39 is 96.6 Å². The maximum atomic E-state index is 12.7. The molecule has 1 saturated heterocycles. The highest BCUT2D eigenvalue weighted by Crippen LogP contribution is 2.61. The van der Waals surface area contributed by atoms with Gasteiger partial charge in [0, 0.05) is 30.7 Å². The standard InChI is InChI=1S/C26H44N7O18P3S/c1-13(14(2)34)25(39)55-8-7-28-16(35)5-6-29-23(38)20(37)26(3,4)10-48-54(45,46)51-53(43,44)47-9-15-19(50-52(40,41)42)18(36)24(49-15)33-12-32-17-21(27)30-11-31-22(17)33/h11-15,18-20,24,34,36-37H,5-10H2,1-4H3,(H,28,35)(H,29,38)(H,43,44)(H,45,46)(H2,27,30,31)(H2,40,41,42)/t13?,14?,15-,18-,19-,20?,24-/m1/s1. The van der Waals surface area contributed by atoms with Crippen LogP contribution < -0.4 is 16.4 Å². The molecular weight excluding hydrogens is 823 g/mol. The molecule has 9 atom stereocenters. The van der Waals surface area contributed by atoms with Gasteiger partial charge in [0.1, 0.15) is 36.3 Å². The molecule has 5 unspecified atom stereocenters. The van der Waals surface area contributed by atoms with Gasteiger partial charge in [-0.3, -0.25) is 32.5 Å². The Hall–Kier alpha value is -2.48. The van der Waals surface area contributed by atoms with E-state index in [2.05, 4.69) is 34.4 Å². The average Bonchev–Trinajstić information content (AvgIpc) is 3.64. The number of aromatic nitrogens is 4. The predicted molar refractivity (Wildman–Crippen MR) is 188 cm³/mol. The Kier molecular flexibility index (Phi) is 16.5. The third-order valence-electron chi connectivity index (χ3n) is 7.84. The number of fused-ring (bicyclic) bond motifs is 1. The number of carbonyl (C=O) groups excluding carboxylic acids is 3. The van der Waals surface area contributed by atoms with Crippen LogP contribution in [-0.2, 0) is 50.7 Å². The molecule has 0 spiro atoms. The molecule has 11 N–H and O–H groups in total. The second-order valence-corrected chi connectivity index (χ2v) is 18.1. The average molecular weight is 868 g/mol. The summed E-state index contributed by atoms with van der Waals surface area (Å²) < 4.78 is 62.0. The lowest BCUT2D eigenvalue weighted by atomic mass is 9.87. The number of hydrogen-bond acceptors (Lipinski definition) is 19. The minimum absolute atomic E-state index is 0.0256. The molecule has 1 aliphatic rings. The van der Waals surface area contributed by atoms with E-state index >= 15 is 0 Å². The Bertz CT molecular complexity index is 1810. The van der Waals surface area contributed by atoms with Gasteiger partial charge < -0.3 is 56.0 Å². The lowest BCUT2D eigenvalue weighted by Gasteiger charge is -2.30. The number of hydrogen-bond donors (Lipinski definition) is 10. The number of nitrogens with one attached hydrogen (secondary N) is 2. The van der Waals surface area contributed by atoms with E-state index in [1.165, 1.54) is 20.8 Å². The molecule has 3 heterocycles. The molecule has 0 radical (unpaired) electrons. The van der Waals surface area contributed by atoms with Gasteiger partial charge in [0.15, 0.2) is 22.8 Å². The normalized spacial score (nSPS) is 23.0. The van der Waals surface area contributed by atoms with Crippen molar-refractivity contribution in [2.24, 2.45) is 11.3 Å². The summed E-state index contributed by atoms with van der Waals surface area (Å²) in [5.74, 6) is -1.84. The number of ether oxygens (including phenoxy) is 1. The number of aliphatic hydroxyl groups is 3. The number of thioether (sulfide) groups is 1. The SMILES string of the molecule is CC(O)C(C)C(=O)SCCNC(=O)CCNC(=O)C(O)C(C)(C)COP(=O)(O)OP(=O)(O)OC[C@H]1O[C@@H](n2cnc3c(N)ncnc32)[C@H](O)[C@@H]1OP(=O)(O)O. The maximum Gasteiger partial charge on any atom is 0.481 e. The second-order valence-electron chi connectivity index (χ2n) is 12.8. The van der Waals surface area contributed by atoms with E-state index in [4.69, 9.17) is 19.5 Å². The number of aliphatic hydroxyl groups excluding tert-OH is 3. The Labute approximate surface area is 317 Å². The number of nitrogens with two attached hydrogens (primary N) is 1. The lowest BCUT2D eigenvalue weighted by molar-refractivity contribution is -0.137. The number of phosphoric acid groups is 3. The number of carbonyl (C=O) groups is 3.